The number of benzene rings is 2. The maximum atomic E-state index is 11.8. The Hall–Kier alpha value is -2.33. The Balaban J connectivity index is 2.19. The number of rotatable bonds is 5. The van der Waals surface area contributed by atoms with Crippen molar-refractivity contribution in [1.29, 1.82) is 0 Å². The van der Waals surface area contributed by atoms with Gasteiger partial charge in [-0.15, -0.1) is 0 Å². The summed E-state index contributed by atoms with van der Waals surface area (Å²) in [7, 11) is 2.01. The first-order chi connectivity index (χ1) is 10.2. The molecule has 0 radical (unpaired) electrons. The summed E-state index contributed by atoms with van der Waals surface area (Å²) < 4.78 is 0. The van der Waals surface area contributed by atoms with E-state index in [1.807, 2.05) is 25.2 Å². The van der Waals surface area contributed by atoms with Crippen molar-refractivity contribution in [2.45, 2.75) is 19.9 Å². The molecular weight excluding hydrogens is 262 g/mol. The van der Waals surface area contributed by atoms with E-state index in [0.717, 1.165) is 17.7 Å². The van der Waals surface area contributed by atoms with Gasteiger partial charge < -0.3 is 4.90 Å². The van der Waals surface area contributed by atoms with Gasteiger partial charge in [-0.05, 0) is 35.7 Å². The van der Waals surface area contributed by atoms with Crippen LogP contribution in [0.4, 0.5) is 5.69 Å². The van der Waals surface area contributed by atoms with Crippen LogP contribution in [-0.4, -0.2) is 13.0 Å². The Morgan fingerprint density at radius 2 is 1.81 bits per heavy atom. The van der Waals surface area contributed by atoms with Crippen LogP contribution in [0.1, 0.15) is 28.4 Å². The molecule has 0 fully saturated rings. The molecule has 0 saturated heterocycles. The molecule has 110 valence electrons. The summed E-state index contributed by atoms with van der Waals surface area (Å²) in [6.07, 6.45) is 1.03. The lowest BCUT2D eigenvalue weighted by Crippen LogP contribution is -2.31. The third-order valence-corrected chi connectivity index (χ3v) is 3.59. The Morgan fingerprint density at radius 3 is 2.43 bits per heavy atom. The van der Waals surface area contributed by atoms with Gasteiger partial charge in [-0.3, -0.25) is 10.2 Å². The predicted octanol–water partition coefficient (Wildman–Crippen LogP) is 2.49. The topological polar surface area (TPSA) is 58.4 Å². The van der Waals surface area contributed by atoms with Gasteiger partial charge in [-0.2, -0.15) is 0 Å². The van der Waals surface area contributed by atoms with Crippen molar-refractivity contribution in [1.82, 2.24) is 5.43 Å². The number of aryl methyl sites for hydroxylation is 1. The molecule has 0 aromatic heterocycles. The number of hydrogen-bond donors (Lipinski definition) is 2. The normalized spacial score (nSPS) is 10.2. The van der Waals surface area contributed by atoms with Crippen LogP contribution in [0.2, 0.25) is 0 Å². The van der Waals surface area contributed by atoms with Crippen LogP contribution in [-0.2, 0) is 13.0 Å². The lowest BCUT2D eigenvalue weighted by molar-refractivity contribution is 0.0952. The molecule has 0 aliphatic carbocycles. The second-order valence-electron chi connectivity index (χ2n) is 5.01. The zero-order valence-electron chi connectivity index (χ0n) is 12.5. The molecule has 0 atom stereocenters. The minimum absolute atomic E-state index is 0.264. The van der Waals surface area contributed by atoms with Crippen LogP contribution in [0, 0.1) is 0 Å². The Bertz CT molecular complexity index is 608. The van der Waals surface area contributed by atoms with Gasteiger partial charge in [-0.25, -0.2) is 5.84 Å². The van der Waals surface area contributed by atoms with Crippen LogP contribution < -0.4 is 16.2 Å². The zero-order chi connectivity index (χ0) is 15.2. The molecule has 2 aromatic carbocycles. The van der Waals surface area contributed by atoms with Gasteiger partial charge in [0, 0.05) is 24.8 Å². The summed E-state index contributed by atoms with van der Waals surface area (Å²) in [6.45, 7) is 2.79. The zero-order valence-corrected chi connectivity index (χ0v) is 12.5. The third kappa shape index (κ3) is 3.61. The predicted molar refractivity (Wildman–Crippen MR) is 86.0 cm³/mol. The first-order valence-electron chi connectivity index (χ1n) is 7.04. The molecule has 21 heavy (non-hydrogen) atoms. The lowest BCUT2D eigenvalue weighted by atomic mass is 10.1. The van der Waals surface area contributed by atoms with Gasteiger partial charge in [0.15, 0.2) is 0 Å². The number of nitrogens with zero attached hydrogens (tertiary/aromatic N) is 1. The van der Waals surface area contributed by atoms with Crippen LogP contribution in [0.5, 0.6) is 0 Å². The van der Waals surface area contributed by atoms with E-state index in [0.29, 0.717) is 12.1 Å². The van der Waals surface area contributed by atoms with Crippen molar-refractivity contribution < 1.29 is 4.79 Å². The summed E-state index contributed by atoms with van der Waals surface area (Å²) in [6, 6.07) is 16.0. The van der Waals surface area contributed by atoms with Crippen molar-refractivity contribution in [3.05, 3.63) is 65.2 Å². The van der Waals surface area contributed by atoms with E-state index in [2.05, 4.69) is 41.5 Å². The summed E-state index contributed by atoms with van der Waals surface area (Å²) >= 11 is 0. The molecule has 3 N–H and O–H groups in total. The van der Waals surface area contributed by atoms with Crippen LogP contribution in [0.3, 0.4) is 0 Å². The van der Waals surface area contributed by atoms with Gasteiger partial charge in [0.1, 0.15) is 0 Å². The number of carbonyl (C=O) groups excluding carboxylic acids is 1. The minimum Gasteiger partial charge on any atom is -0.370 e. The van der Waals surface area contributed by atoms with Crippen LogP contribution in [0.15, 0.2) is 48.5 Å². The number of hydrogen-bond acceptors (Lipinski definition) is 3. The maximum absolute atomic E-state index is 11.8. The molecule has 4 nitrogen and oxygen atoms in total. The third-order valence-electron chi connectivity index (χ3n) is 3.59. The second-order valence-corrected chi connectivity index (χ2v) is 5.01. The molecule has 0 bridgehead atoms. The number of hydrazine groups is 1. The van der Waals surface area contributed by atoms with Gasteiger partial charge >= 0.3 is 0 Å². The SMILES string of the molecule is CCc1ccc(N(C)Cc2ccccc2C(=O)NN)cc1. The summed E-state index contributed by atoms with van der Waals surface area (Å²) in [5.74, 6) is 4.97. The molecule has 0 saturated carbocycles. The van der Waals surface area contributed by atoms with E-state index in [4.69, 9.17) is 5.84 Å². The molecule has 2 aromatic rings. The van der Waals surface area contributed by atoms with Crippen molar-refractivity contribution in [2.24, 2.45) is 5.84 Å². The number of nitrogens with two attached hydrogens (primary N) is 1. The molecular formula is C17H21N3O. The number of anilines is 1. The number of nitrogen functional groups attached to an aromatic ring is 1. The highest BCUT2D eigenvalue weighted by molar-refractivity contribution is 5.95. The second kappa shape index (κ2) is 6.90. The molecule has 2 rings (SSSR count). The van der Waals surface area contributed by atoms with Gasteiger partial charge in [0.25, 0.3) is 5.91 Å². The van der Waals surface area contributed by atoms with Gasteiger partial charge in [0.05, 0.1) is 0 Å². The fraction of sp³-hybridized carbons (Fsp3) is 0.235. The van der Waals surface area contributed by atoms with E-state index in [9.17, 15) is 4.79 Å². The van der Waals surface area contributed by atoms with E-state index < -0.39 is 0 Å². The number of carbonyl (C=O) groups is 1. The Labute approximate surface area is 125 Å². The number of amides is 1. The molecule has 0 heterocycles. The van der Waals surface area contributed by atoms with E-state index in [1.165, 1.54) is 5.56 Å². The molecule has 1 amide bonds. The highest BCUT2D eigenvalue weighted by atomic mass is 16.2. The van der Waals surface area contributed by atoms with E-state index >= 15 is 0 Å². The monoisotopic (exact) mass is 283 g/mol. The van der Waals surface area contributed by atoms with Crippen molar-refractivity contribution >= 4 is 11.6 Å². The first-order valence-corrected chi connectivity index (χ1v) is 7.04. The highest BCUT2D eigenvalue weighted by Gasteiger charge is 2.11. The molecule has 0 aliphatic rings. The molecule has 0 aliphatic heterocycles. The van der Waals surface area contributed by atoms with Gasteiger partial charge in [0.2, 0.25) is 0 Å². The van der Waals surface area contributed by atoms with Crippen molar-refractivity contribution in [2.75, 3.05) is 11.9 Å². The Kier molecular flexibility index (Phi) is 4.95. The number of nitrogens with one attached hydrogen (secondary N) is 1. The lowest BCUT2D eigenvalue weighted by Gasteiger charge is -2.21. The average molecular weight is 283 g/mol. The summed E-state index contributed by atoms with van der Waals surface area (Å²) in [4.78, 5) is 13.9. The molecule has 4 heteroatoms. The largest absolute Gasteiger partial charge is 0.370 e. The highest BCUT2D eigenvalue weighted by Crippen LogP contribution is 2.18. The minimum atomic E-state index is -0.264. The fourth-order valence-corrected chi connectivity index (χ4v) is 2.29. The average Bonchev–Trinajstić information content (AvgIpc) is 2.54. The maximum Gasteiger partial charge on any atom is 0.265 e. The first kappa shape index (κ1) is 15.1. The quantitative estimate of drug-likeness (QED) is 0.503. The molecule has 0 unspecified atom stereocenters. The van der Waals surface area contributed by atoms with E-state index in [-0.39, 0.29) is 5.91 Å². The van der Waals surface area contributed by atoms with Crippen LogP contribution >= 0.6 is 0 Å². The molecule has 0 spiro atoms. The van der Waals surface area contributed by atoms with Crippen molar-refractivity contribution in [3.8, 4) is 0 Å². The summed E-state index contributed by atoms with van der Waals surface area (Å²) in [5.41, 5.74) is 6.18. The van der Waals surface area contributed by atoms with Gasteiger partial charge in [-0.1, -0.05) is 37.3 Å². The standard InChI is InChI=1S/C17H21N3O/c1-3-13-8-10-15(11-9-13)20(2)12-14-6-4-5-7-16(14)17(21)19-18/h4-11H,3,12,18H2,1-2H3,(H,19,21). The van der Waals surface area contributed by atoms with E-state index in [1.54, 1.807) is 6.07 Å². The fourth-order valence-electron chi connectivity index (χ4n) is 2.29. The smallest absolute Gasteiger partial charge is 0.265 e. The summed E-state index contributed by atoms with van der Waals surface area (Å²) in [5, 5.41) is 0. The van der Waals surface area contributed by atoms with Crippen LogP contribution in [0.25, 0.3) is 0 Å². The van der Waals surface area contributed by atoms with Crippen molar-refractivity contribution in [3.63, 3.8) is 0 Å². The Morgan fingerprint density at radius 1 is 1.14 bits per heavy atom.